The maximum Gasteiger partial charge on any atom is 0.416 e. The van der Waals surface area contributed by atoms with Crippen LogP contribution in [0.2, 0.25) is 5.02 Å². The second-order valence-corrected chi connectivity index (χ2v) is 3.89. The van der Waals surface area contributed by atoms with Crippen LogP contribution in [0.5, 0.6) is 0 Å². The highest BCUT2D eigenvalue weighted by Crippen LogP contribution is 2.32. The van der Waals surface area contributed by atoms with Gasteiger partial charge in [-0.1, -0.05) is 23.8 Å². The zero-order valence-corrected chi connectivity index (χ0v) is 10.2. The highest BCUT2D eigenvalue weighted by atomic mass is 35.5. The molecule has 0 spiro atoms. The number of esters is 1. The SMILES string of the molecule is COC(=O)CC=Cc1cc(Cl)cc(C(F)(F)F)c1. The fraction of sp³-hybridized carbons (Fsp3) is 0.250. The molecule has 0 aliphatic rings. The lowest BCUT2D eigenvalue weighted by Crippen LogP contribution is -2.04. The Balaban J connectivity index is 2.90. The van der Waals surface area contributed by atoms with Gasteiger partial charge < -0.3 is 4.74 Å². The van der Waals surface area contributed by atoms with E-state index in [1.54, 1.807) is 0 Å². The van der Waals surface area contributed by atoms with Crippen LogP contribution in [0.1, 0.15) is 17.5 Å². The Morgan fingerprint density at radius 1 is 1.39 bits per heavy atom. The van der Waals surface area contributed by atoms with E-state index in [4.69, 9.17) is 11.6 Å². The Morgan fingerprint density at radius 3 is 2.61 bits per heavy atom. The van der Waals surface area contributed by atoms with Gasteiger partial charge in [0.05, 0.1) is 19.1 Å². The predicted octanol–water partition coefficient (Wildman–Crippen LogP) is 3.94. The van der Waals surface area contributed by atoms with Gasteiger partial charge in [-0.3, -0.25) is 4.79 Å². The standard InChI is InChI=1S/C12H10ClF3O2/c1-18-11(17)4-2-3-8-5-9(12(14,15)16)7-10(13)6-8/h2-3,5-7H,4H2,1H3. The molecule has 0 N–H and O–H groups in total. The van der Waals surface area contributed by atoms with Gasteiger partial charge in [0.2, 0.25) is 0 Å². The van der Waals surface area contributed by atoms with Gasteiger partial charge >= 0.3 is 12.1 Å². The number of rotatable bonds is 3. The van der Waals surface area contributed by atoms with Gasteiger partial charge in [0.1, 0.15) is 0 Å². The van der Waals surface area contributed by atoms with Crippen LogP contribution < -0.4 is 0 Å². The van der Waals surface area contributed by atoms with Crippen molar-refractivity contribution in [3.05, 3.63) is 40.4 Å². The predicted molar refractivity (Wildman–Crippen MR) is 62.1 cm³/mol. The van der Waals surface area contributed by atoms with E-state index in [9.17, 15) is 18.0 Å². The number of carbonyl (C=O) groups is 1. The molecule has 0 fully saturated rings. The lowest BCUT2D eigenvalue weighted by molar-refractivity contribution is -0.139. The average molecular weight is 279 g/mol. The maximum atomic E-state index is 12.5. The van der Waals surface area contributed by atoms with Gasteiger partial charge in [-0.25, -0.2) is 0 Å². The van der Waals surface area contributed by atoms with Gasteiger partial charge in [0, 0.05) is 5.02 Å². The Morgan fingerprint density at radius 2 is 2.06 bits per heavy atom. The van der Waals surface area contributed by atoms with Crippen molar-refractivity contribution in [2.24, 2.45) is 0 Å². The Hall–Kier alpha value is -1.49. The van der Waals surface area contributed by atoms with Gasteiger partial charge in [0.25, 0.3) is 0 Å². The summed E-state index contributed by atoms with van der Waals surface area (Å²) in [5, 5.41) is -0.0115. The molecule has 1 aromatic carbocycles. The van der Waals surface area contributed by atoms with Crippen molar-refractivity contribution in [1.29, 1.82) is 0 Å². The average Bonchev–Trinajstić information content (AvgIpc) is 2.27. The minimum absolute atomic E-state index is 0.00956. The summed E-state index contributed by atoms with van der Waals surface area (Å²) in [7, 11) is 1.23. The van der Waals surface area contributed by atoms with Crippen LogP contribution in [0.3, 0.4) is 0 Å². The van der Waals surface area contributed by atoms with Crippen molar-refractivity contribution in [3.63, 3.8) is 0 Å². The molecule has 6 heteroatoms. The zero-order chi connectivity index (χ0) is 13.8. The third kappa shape index (κ3) is 4.41. The first-order valence-corrected chi connectivity index (χ1v) is 5.32. The summed E-state index contributed by atoms with van der Waals surface area (Å²) in [4.78, 5) is 10.8. The van der Waals surface area contributed by atoms with E-state index < -0.39 is 17.7 Å². The molecule has 0 bridgehead atoms. The van der Waals surface area contributed by atoms with E-state index >= 15 is 0 Å². The minimum Gasteiger partial charge on any atom is -0.469 e. The minimum atomic E-state index is -4.45. The molecule has 0 heterocycles. The van der Waals surface area contributed by atoms with Crippen molar-refractivity contribution in [3.8, 4) is 0 Å². The first-order valence-electron chi connectivity index (χ1n) is 4.94. The highest BCUT2D eigenvalue weighted by Gasteiger charge is 2.30. The Labute approximate surface area is 107 Å². The molecular weight excluding hydrogens is 269 g/mol. The number of methoxy groups -OCH3 is 1. The lowest BCUT2D eigenvalue weighted by atomic mass is 10.1. The molecule has 0 saturated heterocycles. The molecule has 0 aliphatic carbocycles. The molecule has 0 atom stereocenters. The number of hydrogen-bond acceptors (Lipinski definition) is 2. The van der Waals surface area contributed by atoms with Crippen LogP contribution in [-0.2, 0) is 15.7 Å². The van der Waals surface area contributed by atoms with E-state index in [1.165, 1.54) is 25.3 Å². The molecule has 18 heavy (non-hydrogen) atoms. The molecule has 1 rings (SSSR count). The van der Waals surface area contributed by atoms with E-state index in [-0.39, 0.29) is 17.0 Å². The quantitative estimate of drug-likeness (QED) is 0.783. The van der Waals surface area contributed by atoms with Crippen molar-refractivity contribution >= 4 is 23.6 Å². The van der Waals surface area contributed by atoms with Gasteiger partial charge in [-0.05, 0) is 23.8 Å². The molecule has 0 radical (unpaired) electrons. The largest absolute Gasteiger partial charge is 0.469 e. The summed E-state index contributed by atoms with van der Waals surface area (Å²) in [5.41, 5.74) is -0.550. The summed E-state index contributed by atoms with van der Waals surface area (Å²) >= 11 is 5.60. The third-order valence-corrected chi connectivity index (χ3v) is 2.29. The van der Waals surface area contributed by atoms with Crippen LogP contribution in [0, 0.1) is 0 Å². The van der Waals surface area contributed by atoms with Crippen molar-refractivity contribution in [2.75, 3.05) is 7.11 Å². The van der Waals surface area contributed by atoms with Crippen LogP contribution in [0.25, 0.3) is 6.08 Å². The van der Waals surface area contributed by atoms with Crippen LogP contribution in [0.15, 0.2) is 24.3 Å². The summed E-state index contributed by atoms with van der Waals surface area (Å²) in [6, 6.07) is 3.18. The second kappa shape index (κ2) is 5.91. The maximum absolute atomic E-state index is 12.5. The Bertz CT molecular complexity index is 467. The number of halogens is 4. The number of ether oxygens (including phenoxy) is 1. The first kappa shape index (κ1) is 14.6. The molecule has 0 aliphatic heterocycles. The molecule has 0 unspecified atom stereocenters. The normalized spacial score (nSPS) is 11.8. The zero-order valence-electron chi connectivity index (χ0n) is 9.42. The molecule has 98 valence electrons. The second-order valence-electron chi connectivity index (χ2n) is 3.45. The lowest BCUT2D eigenvalue weighted by Gasteiger charge is -2.08. The van der Waals surface area contributed by atoms with Gasteiger partial charge in [-0.2, -0.15) is 13.2 Å². The van der Waals surface area contributed by atoms with E-state index in [1.807, 2.05) is 0 Å². The van der Waals surface area contributed by atoms with Crippen LogP contribution in [0.4, 0.5) is 13.2 Å². The summed E-state index contributed by atoms with van der Waals surface area (Å²) in [5.74, 6) is -0.468. The molecule has 0 aromatic heterocycles. The Kier molecular flexibility index (Phi) is 4.78. The van der Waals surface area contributed by atoms with E-state index in [0.717, 1.165) is 12.1 Å². The number of alkyl halides is 3. The third-order valence-electron chi connectivity index (χ3n) is 2.07. The molecule has 0 saturated carbocycles. The van der Waals surface area contributed by atoms with Crippen LogP contribution in [-0.4, -0.2) is 13.1 Å². The molecular formula is C12H10ClF3O2. The number of carbonyl (C=O) groups excluding carboxylic acids is 1. The van der Waals surface area contributed by atoms with Gasteiger partial charge in [0.15, 0.2) is 0 Å². The van der Waals surface area contributed by atoms with Crippen molar-refractivity contribution in [1.82, 2.24) is 0 Å². The molecule has 2 nitrogen and oxygen atoms in total. The van der Waals surface area contributed by atoms with Crippen LogP contribution >= 0.6 is 11.6 Å². The first-order chi connectivity index (χ1) is 8.32. The summed E-state index contributed by atoms with van der Waals surface area (Å²) < 4.78 is 41.9. The monoisotopic (exact) mass is 278 g/mol. The van der Waals surface area contributed by atoms with Crippen molar-refractivity contribution < 1.29 is 22.7 Å². The molecule has 0 amide bonds. The summed E-state index contributed by atoms with van der Waals surface area (Å²) in [6.45, 7) is 0. The molecule has 1 aromatic rings. The number of hydrogen-bond donors (Lipinski definition) is 0. The van der Waals surface area contributed by atoms with E-state index in [2.05, 4.69) is 4.74 Å². The van der Waals surface area contributed by atoms with Gasteiger partial charge in [-0.15, -0.1) is 0 Å². The fourth-order valence-electron chi connectivity index (χ4n) is 1.25. The number of benzene rings is 1. The topological polar surface area (TPSA) is 26.3 Å². The highest BCUT2D eigenvalue weighted by molar-refractivity contribution is 6.30. The van der Waals surface area contributed by atoms with Crippen molar-refractivity contribution in [2.45, 2.75) is 12.6 Å². The van der Waals surface area contributed by atoms with E-state index in [0.29, 0.717) is 0 Å². The smallest absolute Gasteiger partial charge is 0.416 e. The fourth-order valence-corrected chi connectivity index (χ4v) is 1.49. The summed E-state index contributed by atoms with van der Waals surface area (Å²) in [6.07, 6.45) is -1.66.